The molecule has 1 aromatic rings. The molecule has 0 aromatic heterocycles. The van der Waals surface area contributed by atoms with E-state index in [-0.39, 0.29) is 0 Å². The van der Waals surface area contributed by atoms with Gasteiger partial charge in [-0.15, -0.1) is 10.6 Å². The Bertz CT molecular complexity index is 517. The number of aryl methyl sites for hydroxylation is 1. The number of hydrogen-bond acceptors (Lipinski definition) is 5. The maximum absolute atomic E-state index is 4.69. The third-order valence-electron chi connectivity index (χ3n) is 2.89. The molecule has 5 nitrogen and oxygen atoms in total. The second kappa shape index (κ2) is 5.84. The number of benzene rings is 1. The predicted octanol–water partition coefficient (Wildman–Crippen LogP) is 2.41. The lowest BCUT2D eigenvalue weighted by atomic mass is 10.1. The highest BCUT2D eigenvalue weighted by Crippen LogP contribution is 2.21. The maximum atomic E-state index is 4.69. The predicted molar refractivity (Wildman–Crippen MR) is 79.3 cm³/mol. The number of hydrogen-bond donors (Lipinski definition) is 3. The van der Waals surface area contributed by atoms with Crippen molar-refractivity contribution >= 4 is 17.2 Å². The summed E-state index contributed by atoms with van der Waals surface area (Å²) in [7, 11) is 0. The molecule has 1 heterocycles. The van der Waals surface area contributed by atoms with Crippen LogP contribution >= 0.6 is 0 Å². The number of hydrazine groups is 2. The van der Waals surface area contributed by atoms with Gasteiger partial charge in [0.1, 0.15) is 0 Å². The van der Waals surface area contributed by atoms with E-state index in [4.69, 9.17) is 4.99 Å². The lowest BCUT2D eigenvalue weighted by molar-refractivity contribution is 0.577. The molecular formula is C14H21N5. The fraction of sp³-hybridized carbons (Fsp3) is 0.429. The van der Waals surface area contributed by atoms with Crippen LogP contribution in [0.3, 0.4) is 0 Å². The van der Waals surface area contributed by atoms with Gasteiger partial charge in [0.15, 0.2) is 5.84 Å². The largest absolute Gasteiger partial charge is 0.285 e. The molecule has 3 N–H and O–H groups in total. The molecule has 0 radical (unpaired) electrons. The topological polar surface area (TPSA) is 60.8 Å². The van der Waals surface area contributed by atoms with Crippen molar-refractivity contribution in [2.75, 3.05) is 0 Å². The third-order valence-corrected chi connectivity index (χ3v) is 2.89. The van der Waals surface area contributed by atoms with E-state index in [0.717, 1.165) is 29.1 Å². The molecule has 0 saturated carbocycles. The highest BCUT2D eigenvalue weighted by atomic mass is 15.8. The Labute approximate surface area is 114 Å². The molecule has 0 spiro atoms. The zero-order valence-electron chi connectivity index (χ0n) is 11.9. The summed E-state index contributed by atoms with van der Waals surface area (Å²) in [4.78, 5) is 4.69. The molecule has 0 atom stereocenters. The smallest absolute Gasteiger partial charge is 0.170 e. The highest BCUT2D eigenvalue weighted by Gasteiger charge is 2.09. The highest BCUT2D eigenvalue weighted by molar-refractivity contribution is 5.99. The molecule has 0 unspecified atom stereocenters. The number of amidine groups is 1. The average Bonchev–Trinajstić information content (AvgIpc) is 2.84. The summed E-state index contributed by atoms with van der Waals surface area (Å²) in [5.41, 5.74) is 12.7. The van der Waals surface area contributed by atoms with Gasteiger partial charge in [-0.2, -0.15) is 0 Å². The van der Waals surface area contributed by atoms with Crippen molar-refractivity contribution in [3.05, 3.63) is 29.3 Å². The van der Waals surface area contributed by atoms with Crippen molar-refractivity contribution in [1.82, 2.24) is 16.5 Å². The van der Waals surface area contributed by atoms with Crippen LogP contribution in [-0.4, -0.2) is 11.5 Å². The average molecular weight is 259 g/mol. The van der Waals surface area contributed by atoms with Crippen LogP contribution in [-0.2, 0) is 0 Å². The van der Waals surface area contributed by atoms with Crippen LogP contribution in [0.5, 0.6) is 0 Å². The van der Waals surface area contributed by atoms with Crippen LogP contribution < -0.4 is 16.5 Å². The van der Waals surface area contributed by atoms with E-state index in [0.29, 0.717) is 5.92 Å². The van der Waals surface area contributed by atoms with Crippen LogP contribution in [0.2, 0.25) is 0 Å². The molecule has 5 heteroatoms. The first-order valence-corrected chi connectivity index (χ1v) is 6.55. The van der Waals surface area contributed by atoms with Gasteiger partial charge in [-0.1, -0.05) is 13.8 Å². The fourth-order valence-corrected chi connectivity index (χ4v) is 2.11. The van der Waals surface area contributed by atoms with E-state index >= 15 is 0 Å². The summed E-state index contributed by atoms with van der Waals surface area (Å²) in [6, 6.07) is 6.15. The second-order valence-corrected chi connectivity index (χ2v) is 5.27. The van der Waals surface area contributed by atoms with Gasteiger partial charge in [-0.3, -0.25) is 10.4 Å². The normalized spacial score (nSPS) is 15.2. The zero-order chi connectivity index (χ0) is 13.8. The summed E-state index contributed by atoms with van der Waals surface area (Å²) in [6.45, 7) is 8.57. The lowest BCUT2D eigenvalue weighted by Crippen LogP contribution is -2.35. The van der Waals surface area contributed by atoms with E-state index in [2.05, 4.69) is 55.4 Å². The zero-order valence-corrected chi connectivity index (χ0v) is 11.9. The Morgan fingerprint density at radius 2 is 2.16 bits per heavy atom. The summed E-state index contributed by atoms with van der Waals surface area (Å²) < 4.78 is 0. The molecule has 102 valence electrons. The van der Waals surface area contributed by atoms with Gasteiger partial charge in [0.05, 0.1) is 5.69 Å². The minimum atomic E-state index is 0.637. The molecule has 0 amide bonds. The molecule has 1 aliphatic heterocycles. The quantitative estimate of drug-likeness (QED) is 0.728. The summed E-state index contributed by atoms with van der Waals surface area (Å²) >= 11 is 0. The van der Waals surface area contributed by atoms with Crippen molar-refractivity contribution in [2.45, 2.75) is 34.1 Å². The van der Waals surface area contributed by atoms with E-state index in [1.165, 1.54) is 5.71 Å². The summed E-state index contributed by atoms with van der Waals surface area (Å²) in [6.07, 6.45) is 1.03. The fourth-order valence-electron chi connectivity index (χ4n) is 2.11. The Morgan fingerprint density at radius 3 is 2.74 bits per heavy atom. The first-order chi connectivity index (χ1) is 9.06. The van der Waals surface area contributed by atoms with Gasteiger partial charge in [0.2, 0.25) is 0 Å². The van der Waals surface area contributed by atoms with Gasteiger partial charge in [0.25, 0.3) is 0 Å². The van der Waals surface area contributed by atoms with Crippen LogP contribution in [0.4, 0.5) is 5.69 Å². The van der Waals surface area contributed by atoms with Gasteiger partial charge >= 0.3 is 0 Å². The van der Waals surface area contributed by atoms with E-state index in [9.17, 15) is 0 Å². The molecule has 0 fully saturated rings. The number of nitrogens with zero attached hydrogens (tertiary/aromatic N) is 2. The number of aliphatic imine (C=N–C) groups is 1. The summed E-state index contributed by atoms with van der Waals surface area (Å²) in [5, 5.41) is 4.09. The SMILES string of the molecule is CC(CC(C)C)=Nc1ccc(C2=NNNN2)cc1C. The maximum Gasteiger partial charge on any atom is 0.170 e. The molecule has 1 aromatic carbocycles. The Balaban J connectivity index is 2.19. The molecule has 2 rings (SSSR count). The van der Waals surface area contributed by atoms with Crippen LogP contribution in [0.15, 0.2) is 28.3 Å². The van der Waals surface area contributed by atoms with Gasteiger partial charge in [-0.05, 0) is 49.9 Å². The summed E-state index contributed by atoms with van der Waals surface area (Å²) in [5.74, 6) is 1.43. The third kappa shape index (κ3) is 3.54. The Kier molecular flexibility index (Phi) is 4.16. The van der Waals surface area contributed by atoms with E-state index < -0.39 is 0 Å². The van der Waals surface area contributed by atoms with E-state index in [1.54, 1.807) is 0 Å². The van der Waals surface area contributed by atoms with Crippen molar-refractivity contribution in [3.63, 3.8) is 0 Å². The van der Waals surface area contributed by atoms with Crippen molar-refractivity contribution in [2.24, 2.45) is 16.0 Å². The van der Waals surface area contributed by atoms with Gasteiger partial charge in [-0.25, -0.2) is 5.53 Å². The monoisotopic (exact) mass is 259 g/mol. The number of rotatable bonds is 4. The van der Waals surface area contributed by atoms with Crippen LogP contribution in [0.1, 0.15) is 38.3 Å². The molecule has 19 heavy (non-hydrogen) atoms. The van der Waals surface area contributed by atoms with Crippen LogP contribution in [0.25, 0.3) is 0 Å². The first-order valence-electron chi connectivity index (χ1n) is 6.55. The molecular weight excluding hydrogens is 238 g/mol. The van der Waals surface area contributed by atoms with Gasteiger partial charge < -0.3 is 0 Å². The van der Waals surface area contributed by atoms with Crippen molar-refractivity contribution in [1.29, 1.82) is 0 Å². The second-order valence-electron chi connectivity index (χ2n) is 5.27. The Hall–Kier alpha value is -1.88. The minimum absolute atomic E-state index is 0.637. The number of nitrogens with one attached hydrogen (secondary N) is 3. The molecule has 0 bridgehead atoms. The molecule has 1 aliphatic rings. The standard InChI is InChI=1S/C14H21N5/c1-9(2)7-11(4)15-13-6-5-12(8-10(13)3)14-16-18-19-17-14/h5-6,8-9,18-19H,7H2,1-4H3,(H,16,17). The van der Waals surface area contributed by atoms with Crippen molar-refractivity contribution in [3.8, 4) is 0 Å². The molecule has 0 aliphatic carbocycles. The van der Waals surface area contributed by atoms with E-state index in [1.807, 2.05) is 12.1 Å². The molecule has 0 saturated heterocycles. The Morgan fingerprint density at radius 1 is 1.37 bits per heavy atom. The van der Waals surface area contributed by atoms with Crippen LogP contribution in [0, 0.1) is 12.8 Å². The first kappa shape index (κ1) is 13.5. The van der Waals surface area contributed by atoms with Crippen molar-refractivity contribution < 1.29 is 0 Å². The number of hydrazone groups is 1. The lowest BCUT2D eigenvalue weighted by Gasteiger charge is -2.08. The van der Waals surface area contributed by atoms with Gasteiger partial charge in [0, 0.05) is 11.3 Å². The minimum Gasteiger partial charge on any atom is -0.285 e.